The Hall–Kier alpha value is -2.69. The second-order valence-corrected chi connectivity index (χ2v) is 9.02. The molecule has 1 fully saturated rings. The zero-order valence-electron chi connectivity index (χ0n) is 16.1. The van der Waals surface area contributed by atoms with Gasteiger partial charge in [0.05, 0.1) is 22.6 Å². The number of hydrogen-bond donors (Lipinski definition) is 1. The molecule has 0 radical (unpaired) electrons. The number of halogens is 1. The molecule has 30 heavy (non-hydrogen) atoms. The van der Waals surface area contributed by atoms with Gasteiger partial charge in [-0.3, -0.25) is 14.9 Å². The number of nitrogens with one attached hydrogen (secondary N) is 1. The molecule has 2 aromatic carbocycles. The van der Waals surface area contributed by atoms with E-state index in [0.29, 0.717) is 13.1 Å². The van der Waals surface area contributed by atoms with Crippen LogP contribution in [-0.4, -0.2) is 43.8 Å². The standard InChI is InChI=1S/C19H20ClN3O6S/c1-29-17-8-5-13(11-18(17)30(27,28)22-9-3-2-4-10-22)21-19(24)15-12-14(23(25)26)6-7-16(15)20/h5-8,11-12H,2-4,9-10H2,1H3,(H,21,24). The maximum atomic E-state index is 13.1. The molecular formula is C19H20ClN3O6S. The molecule has 0 saturated carbocycles. The molecule has 1 heterocycles. The average molecular weight is 454 g/mol. The molecule has 3 rings (SSSR count). The highest BCUT2D eigenvalue weighted by atomic mass is 35.5. The maximum absolute atomic E-state index is 13.1. The van der Waals surface area contributed by atoms with E-state index in [9.17, 15) is 23.3 Å². The first kappa shape index (κ1) is 22.0. The molecule has 0 unspecified atom stereocenters. The van der Waals surface area contributed by atoms with Crippen LogP contribution in [0.3, 0.4) is 0 Å². The molecule has 1 saturated heterocycles. The predicted molar refractivity (Wildman–Crippen MR) is 112 cm³/mol. The molecule has 0 atom stereocenters. The van der Waals surface area contributed by atoms with Crippen molar-refractivity contribution in [3.05, 3.63) is 57.1 Å². The Morgan fingerprint density at radius 3 is 2.50 bits per heavy atom. The van der Waals surface area contributed by atoms with Gasteiger partial charge in [-0.15, -0.1) is 0 Å². The Kier molecular flexibility index (Phi) is 6.59. The number of piperidine rings is 1. The summed E-state index contributed by atoms with van der Waals surface area (Å²) in [7, 11) is -2.45. The van der Waals surface area contributed by atoms with Crippen LogP contribution >= 0.6 is 11.6 Å². The predicted octanol–water partition coefficient (Wildman–Crippen LogP) is 3.68. The molecule has 11 heteroatoms. The number of nitro groups is 1. The number of sulfonamides is 1. The Bertz CT molecular complexity index is 1080. The molecule has 1 aliphatic heterocycles. The highest BCUT2D eigenvalue weighted by Gasteiger charge is 2.29. The Labute approximate surface area is 178 Å². The Morgan fingerprint density at radius 2 is 1.87 bits per heavy atom. The quantitative estimate of drug-likeness (QED) is 0.526. The summed E-state index contributed by atoms with van der Waals surface area (Å²) in [6.45, 7) is 0.844. The minimum Gasteiger partial charge on any atom is -0.495 e. The molecule has 0 bridgehead atoms. The number of rotatable bonds is 6. The van der Waals surface area contributed by atoms with Crippen LogP contribution in [-0.2, 0) is 10.0 Å². The van der Waals surface area contributed by atoms with Gasteiger partial charge in [0.15, 0.2) is 0 Å². The molecule has 1 N–H and O–H groups in total. The number of carbonyl (C=O) groups is 1. The zero-order valence-corrected chi connectivity index (χ0v) is 17.7. The van der Waals surface area contributed by atoms with Crippen molar-refractivity contribution < 1.29 is 22.9 Å². The van der Waals surface area contributed by atoms with E-state index in [1.54, 1.807) is 0 Å². The Morgan fingerprint density at radius 1 is 1.17 bits per heavy atom. The van der Waals surface area contributed by atoms with Crippen LogP contribution in [0.5, 0.6) is 5.75 Å². The van der Waals surface area contributed by atoms with Crippen molar-refractivity contribution in [3.8, 4) is 5.75 Å². The van der Waals surface area contributed by atoms with Crippen LogP contribution in [0.4, 0.5) is 11.4 Å². The lowest BCUT2D eigenvalue weighted by Gasteiger charge is -2.26. The molecule has 9 nitrogen and oxygen atoms in total. The summed E-state index contributed by atoms with van der Waals surface area (Å²) in [6.07, 6.45) is 2.54. The number of amides is 1. The fraction of sp³-hybridized carbons (Fsp3) is 0.316. The van der Waals surface area contributed by atoms with Gasteiger partial charge in [0, 0.05) is 30.9 Å². The van der Waals surface area contributed by atoms with Gasteiger partial charge in [-0.1, -0.05) is 18.0 Å². The summed E-state index contributed by atoms with van der Waals surface area (Å²) >= 11 is 6.01. The number of nitro benzene ring substituents is 1. The summed E-state index contributed by atoms with van der Waals surface area (Å²) in [6, 6.07) is 7.75. The number of nitrogens with zero attached hydrogens (tertiary/aromatic N) is 2. The highest BCUT2D eigenvalue weighted by Crippen LogP contribution is 2.31. The van der Waals surface area contributed by atoms with E-state index < -0.39 is 20.9 Å². The van der Waals surface area contributed by atoms with Crippen molar-refractivity contribution in [1.29, 1.82) is 0 Å². The van der Waals surface area contributed by atoms with Gasteiger partial charge in [0.1, 0.15) is 10.6 Å². The van der Waals surface area contributed by atoms with Crippen LogP contribution in [0.2, 0.25) is 5.02 Å². The van der Waals surface area contributed by atoms with Gasteiger partial charge in [-0.25, -0.2) is 8.42 Å². The lowest BCUT2D eigenvalue weighted by atomic mass is 10.2. The fourth-order valence-electron chi connectivity index (χ4n) is 3.20. The summed E-state index contributed by atoms with van der Waals surface area (Å²) in [5, 5.41) is 13.5. The third-order valence-corrected chi connectivity index (χ3v) is 7.01. The number of non-ortho nitro benzene ring substituents is 1. The number of benzene rings is 2. The molecule has 1 amide bonds. The smallest absolute Gasteiger partial charge is 0.270 e. The van der Waals surface area contributed by atoms with Crippen LogP contribution in [0, 0.1) is 10.1 Å². The number of carbonyl (C=O) groups excluding carboxylic acids is 1. The Balaban J connectivity index is 1.93. The summed E-state index contributed by atoms with van der Waals surface area (Å²) in [4.78, 5) is 22.9. The maximum Gasteiger partial charge on any atom is 0.270 e. The topological polar surface area (TPSA) is 119 Å². The van der Waals surface area contributed by atoms with Crippen LogP contribution in [0.15, 0.2) is 41.3 Å². The van der Waals surface area contributed by atoms with Crippen molar-refractivity contribution in [1.82, 2.24) is 4.31 Å². The van der Waals surface area contributed by atoms with Gasteiger partial charge in [0.2, 0.25) is 10.0 Å². The number of anilines is 1. The molecule has 160 valence electrons. The van der Waals surface area contributed by atoms with Gasteiger partial charge < -0.3 is 10.1 Å². The molecule has 0 aromatic heterocycles. The second-order valence-electron chi connectivity index (χ2n) is 6.71. The largest absolute Gasteiger partial charge is 0.495 e. The van der Waals surface area contributed by atoms with E-state index in [4.69, 9.17) is 16.3 Å². The second kappa shape index (κ2) is 8.99. The molecule has 0 spiro atoms. The van der Waals surface area contributed by atoms with Crippen LogP contribution in [0.25, 0.3) is 0 Å². The SMILES string of the molecule is COc1ccc(NC(=O)c2cc([N+](=O)[O-])ccc2Cl)cc1S(=O)(=O)N1CCCCC1. The van der Waals surface area contributed by atoms with Crippen LogP contribution < -0.4 is 10.1 Å². The van der Waals surface area contributed by atoms with Crippen molar-refractivity contribution in [3.63, 3.8) is 0 Å². The van der Waals surface area contributed by atoms with Gasteiger partial charge >= 0.3 is 0 Å². The van der Waals surface area contributed by atoms with E-state index >= 15 is 0 Å². The van der Waals surface area contributed by atoms with Crippen LogP contribution in [0.1, 0.15) is 29.6 Å². The van der Waals surface area contributed by atoms with E-state index in [1.807, 2.05) is 0 Å². The normalized spacial score (nSPS) is 14.9. The van der Waals surface area contributed by atoms with E-state index in [-0.39, 0.29) is 32.6 Å². The fourth-order valence-corrected chi connectivity index (χ4v) is 5.10. The average Bonchev–Trinajstić information content (AvgIpc) is 2.74. The van der Waals surface area contributed by atoms with Crippen molar-refractivity contribution in [2.75, 3.05) is 25.5 Å². The van der Waals surface area contributed by atoms with E-state index in [2.05, 4.69) is 5.32 Å². The summed E-state index contributed by atoms with van der Waals surface area (Å²) in [5.41, 5.74) is -0.186. The first-order valence-corrected chi connectivity index (χ1v) is 11.0. The monoisotopic (exact) mass is 453 g/mol. The van der Waals surface area contributed by atoms with Crippen molar-refractivity contribution >= 4 is 38.9 Å². The third kappa shape index (κ3) is 4.55. The van der Waals surface area contributed by atoms with E-state index in [1.165, 1.54) is 41.7 Å². The minimum absolute atomic E-state index is 0.0350. The van der Waals surface area contributed by atoms with Crippen molar-refractivity contribution in [2.24, 2.45) is 0 Å². The molecular weight excluding hydrogens is 434 g/mol. The van der Waals surface area contributed by atoms with Gasteiger partial charge in [-0.2, -0.15) is 4.31 Å². The zero-order chi connectivity index (χ0) is 21.9. The first-order valence-electron chi connectivity index (χ1n) is 9.17. The third-order valence-electron chi connectivity index (χ3n) is 4.76. The van der Waals surface area contributed by atoms with E-state index in [0.717, 1.165) is 25.3 Å². The van der Waals surface area contributed by atoms with Gasteiger partial charge in [-0.05, 0) is 37.1 Å². The molecule has 0 aliphatic carbocycles. The van der Waals surface area contributed by atoms with Crippen molar-refractivity contribution in [2.45, 2.75) is 24.2 Å². The lowest BCUT2D eigenvalue weighted by Crippen LogP contribution is -2.35. The number of ether oxygens (including phenoxy) is 1. The van der Waals surface area contributed by atoms with Gasteiger partial charge in [0.25, 0.3) is 11.6 Å². The number of methoxy groups -OCH3 is 1. The minimum atomic E-state index is -3.81. The molecule has 2 aromatic rings. The lowest BCUT2D eigenvalue weighted by molar-refractivity contribution is -0.384. The number of hydrogen-bond acceptors (Lipinski definition) is 6. The molecule has 1 aliphatic rings. The summed E-state index contributed by atoms with van der Waals surface area (Å²) in [5.74, 6) is -0.540. The summed E-state index contributed by atoms with van der Waals surface area (Å²) < 4.78 is 32.8. The highest BCUT2D eigenvalue weighted by molar-refractivity contribution is 7.89. The first-order chi connectivity index (χ1) is 14.2.